The van der Waals surface area contributed by atoms with Crippen molar-refractivity contribution in [2.75, 3.05) is 12.4 Å². The number of rotatable bonds is 8. The maximum absolute atomic E-state index is 12.9. The summed E-state index contributed by atoms with van der Waals surface area (Å²) in [4.78, 5) is 18.4. The summed E-state index contributed by atoms with van der Waals surface area (Å²) >= 11 is 1.09. The maximum Gasteiger partial charge on any atom is 0.257 e. The first-order chi connectivity index (χ1) is 16.0. The highest BCUT2D eigenvalue weighted by atomic mass is 32.2. The number of amides is 1. The lowest BCUT2D eigenvalue weighted by Gasteiger charge is -2.10. The topological polar surface area (TPSA) is 99.8 Å². The number of aromatic hydroxyl groups is 1. The standard InChI is InChI=1S/C23H22N4O5S/c1-26-10-9-21(25-26)24-22(28)14-11-18-19(13-27(23(18)29)15-3-4-15)20(12-14)31-16-5-7-17(8-6-16)33-32-30-2/h5-13,15,29H,3-4H2,1-2H3,(H,24,25,28). The Labute approximate surface area is 194 Å². The lowest BCUT2D eigenvalue weighted by molar-refractivity contribution is -0.160. The van der Waals surface area contributed by atoms with E-state index in [-0.39, 0.29) is 17.8 Å². The summed E-state index contributed by atoms with van der Waals surface area (Å²) in [7, 11) is 3.22. The van der Waals surface area contributed by atoms with E-state index in [4.69, 9.17) is 9.07 Å². The minimum atomic E-state index is -0.345. The molecule has 0 bridgehead atoms. The van der Waals surface area contributed by atoms with E-state index >= 15 is 0 Å². The van der Waals surface area contributed by atoms with Crippen LogP contribution in [-0.2, 0) is 16.3 Å². The Morgan fingerprint density at radius 3 is 2.64 bits per heavy atom. The Bertz CT molecular complexity index is 1310. The average molecular weight is 467 g/mol. The van der Waals surface area contributed by atoms with E-state index < -0.39 is 0 Å². The largest absolute Gasteiger partial charge is 0.494 e. The van der Waals surface area contributed by atoms with E-state index in [2.05, 4.69) is 15.3 Å². The Hall–Kier alpha value is -3.47. The van der Waals surface area contributed by atoms with Gasteiger partial charge in [0.25, 0.3) is 5.91 Å². The fourth-order valence-corrected chi connectivity index (χ4v) is 3.96. The predicted octanol–water partition coefficient (Wildman–Crippen LogP) is 5.05. The first kappa shape index (κ1) is 21.4. The summed E-state index contributed by atoms with van der Waals surface area (Å²) in [5.41, 5.74) is 0.354. The second-order valence-electron chi connectivity index (χ2n) is 7.75. The monoisotopic (exact) mass is 466 g/mol. The molecule has 0 aliphatic heterocycles. The van der Waals surface area contributed by atoms with Gasteiger partial charge < -0.3 is 19.7 Å². The maximum atomic E-state index is 12.9. The van der Waals surface area contributed by atoms with Crippen LogP contribution in [0.15, 0.2) is 59.8 Å². The molecule has 0 unspecified atom stereocenters. The number of ether oxygens (including phenoxy) is 1. The molecule has 1 saturated carbocycles. The number of nitrogens with zero attached hydrogens (tertiary/aromatic N) is 3. The van der Waals surface area contributed by atoms with Gasteiger partial charge in [0, 0.05) is 52.8 Å². The van der Waals surface area contributed by atoms with Gasteiger partial charge in [-0.2, -0.15) is 9.43 Å². The van der Waals surface area contributed by atoms with Crippen molar-refractivity contribution in [1.29, 1.82) is 0 Å². The lowest BCUT2D eigenvalue weighted by atomic mass is 10.1. The molecule has 1 amide bonds. The molecule has 0 radical (unpaired) electrons. The Morgan fingerprint density at radius 2 is 1.97 bits per heavy atom. The van der Waals surface area contributed by atoms with Crippen molar-refractivity contribution in [3.63, 3.8) is 0 Å². The second-order valence-corrected chi connectivity index (χ2v) is 8.52. The van der Waals surface area contributed by atoms with Crippen molar-refractivity contribution in [3.8, 4) is 17.4 Å². The molecule has 2 heterocycles. The molecule has 170 valence electrons. The number of anilines is 1. The molecule has 1 aliphatic rings. The molecule has 2 aromatic heterocycles. The van der Waals surface area contributed by atoms with Crippen LogP contribution in [0.4, 0.5) is 5.82 Å². The summed E-state index contributed by atoms with van der Waals surface area (Å²) < 4.78 is 14.5. The third-order valence-electron chi connectivity index (χ3n) is 5.30. The van der Waals surface area contributed by atoms with E-state index in [0.717, 1.165) is 35.2 Å². The van der Waals surface area contributed by atoms with Crippen molar-refractivity contribution < 1.29 is 23.9 Å². The molecule has 2 aromatic carbocycles. The fraction of sp³-hybridized carbons (Fsp3) is 0.217. The summed E-state index contributed by atoms with van der Waals surface area (Å²) in [6.45, 7) is 0. The first-order valence-electron chi connectivity index (χ1n) is 10.4. The zero-order valence-electron chi connectivity index (χ0n) is 18.0. The quantitative estimate of drug-likeness (QED) is 0.213. The molecule has 0 spiro atoms. The molecule has 4 aromatic rings. The van der Waals surface area contributed by atoms with Crippen molar-refractivity contribution in [2.45, 2.75) is 23.8 Å². The highest BCUT2D eigenvalue weighted by Gasteiger charge is 2.28. The molecule has 9 nitrogen and oxygen atoms in total. The van der Waals surface area contributed by atoms with Crippen LogP contribution in [0.1, 0.15) is 29.2 Å². The van der Waals surface area contributed by atoms with Gasteiger partial charge in [-0.25, -0.2) is 4.89 Å². The van der Waals surface area contributed by atoms with Gasteiger partial charge in [-0.15, -0.1) is 0 Å². The molecule has 0 atom stereocenters. The minimum Gasteiger partial charge on any atom is -0.494 e. The lowest BCUT2D eigenvalue weighted by Crippen LogP contribution is -2.12. The van der Waals surface area contributed by atoms with Gasteiger partial charge in [0.15, 0.2) is 11.7 Å². The van der Waals surface area contributed by atoms with Crippen molar-refractivity contribution in [1.82, 2.24) is 14.3 Å². The zero-order valence-corrected chi connectivity index (χ0v) is 18.8. The van der Waals surface area contributed by atoms with Crippen LogP contribution in [-0.4, -0.2) is 32.5 Å². The van der Waals surface area contributed by atoms with Gasteiger partial charge in [0.1, 0.15) is 11.5 Å². The molecule has 10 heteroatoms. The van der Waals surface area contributed by atoms with Crippen LogP contribution < -0.4 is 10.1 Å². The molecular weight excluding hydrogens is 444 g/mol. The smallest absolute Gasteiger partial charge is 0.257 e. The second kappa shape index (κ2) is 8.81. The third-order valence-corrected chi connectivity index (χ3v) is 5.97. The fourth-order valence-electron chi connectivity index (χ4n) is 3.56. The Balaban J connectivity index is 1.50. The van der Waals surface area contributed by atoms with Crippen molar-refractivity contribution >= 4 is 34.5 Å². The number of aromatic nitrogens is 3. The van der Waals surface area contributed by atoms with Crippen LogP contribution in [0.5, 0.6) is 17.4 Å². The van der Waals surface area contributed by atoms with E-state index in [1.165, 1.54) is 7.11 Å². The SMILES string of the molecule is COOSc1ccc(Oc2cc(C(=O)Nc3ccn(C)n3)cc3c(O)n(C4CC4)cc23)cc1. The zero-order chi connectivity index (χ0) is 22.9. The van der Waals surface area contributed by atoms with Gasteiger partial charge in [0.05, 0.1) is 19.2 Å². The average Bonchev–Trinajstić information content (AvgIpc) is 3.49. The van der Waals surface area contributed by atoms with E-state index in [1.807, 2.05) is 22.9 Å². The third kappa shape index (κ3) is 4.54. The van der Waals surface area contributed by atoms with E-state index in [1.54, 1.807) is 48.3 Å². The summed E-state index contributed by atoms with van der Waals surface area (Å²) in [5, 5.41) is 19.1. The van der Waals surface area contributed by atoms with Crippen molar-refractivity contribution in [3.05, 3.63) is 60.4 Å². The van der Waals surface area contributed by atoms with Gasteiger partial charge >= 0.3 is 0 Å². The normalized spacial score (nSPS) is 13.4. The number of aryl methyl sites for hydroxylation is 1. The van der Waals surface area contributed by atoms with Crippen molar-refractivity contribution in [2.24, 2.45) is 7.05 Å². The molecule has 1 fully saturated rings. The highest BCUT2D eigenvalue weighted by Crippen LogP contribution is 2.44. The van der Waals surface area contributed by atoms with Crippen LogP contribution >= 0.6 is 12.0 Å². The molecule has 1 aliphatic carbocycles. The molecule has 5 rings (SSSR count). The predicted molar refractivity (Wildman–Crippen MR) is 124 cm³/mol. The summed E-state index contributed by atoms with van der Waals surface area (Å²) in [5.74, 6) is 1.29. The number of hydrogen-bond donors (Lipinski definition) is 2. The molecular formula is C23H22N4O5S. The van der Waals surface area contributed by atoms with Gasteiger partial charge in [-0.1, -0.05) is 0 Å². The Morgan fingerprint density at radius 1 is 1.18 bits per heavy atom. The van der Waals surface area contributed by atoms with Crippen LogP contribution in [0.3, 0.4) is 0 Å². The van der Waals surface area contributed by atoms with Gasteiger partial charge in [0.2, 0.25) is 0 Å². The number of carbonyl (C=O) groups excluding carboxylic acids is 1. The number of carbonyl (C=O) groups is 1. The van der Waals surface area contributed by atoms with E-state index in [0.29, 0.717) is 28.3 Å². The van der Waals surface area contributed by atoms with Crippen LogP contribution in [0.2, 0.25) is 0 Å². The van der Waals surface area contributed by atoms with Crippen LogP contribution in [0, 0.1) is 0 Å². The Kier molecular flexibility index (Phi) is 5.71. The number of nitrogens with one attached hydrogen (secondary N) is 1. The molecule has 0 saturated heterocycles. The number of fused-ring (bicyclic) bond motifs is 1. The van der Waals surface area contributed by atoms with E-state index in [9.17, 15) is 9.90 Å². The minimum absolute atomic E-state index is 0.133. The molecule has 33 heavy (non-hydrogen) atoms. The summed E-state index contributed by atoms with van der Waals surface area (Å²) in [6.07, 6.45) is 5.66. The number of hydrogen-bond acceptors (Lipinski definition) is 7. The highest BCUT2D eigenvalue weighted by molar-refractivity contribution is 7.94. The molecule has 2 N–H and O–H groups in total. The summed E-state index contributed by atoms with van der Waals surface area (Å²) in [6, 6.07) is 12.6. The van der Waals surface area contributed by atoms with Gasteiger partial charge in [-0.3, -0.25) is 9.48 Å². The van der Waals surface area contributed by atoms with Gasteiger partial charge in [-0.05, 0) is 49.2 Å². The van der Waals surface area contributed by atoms with Crippen LogP contribution in [0.25, 0.3) is 10.8 Å². The first-order valence-corrected chi connectivity index (χ1v) is 11.1. The number of benzene rings is 2.